The fourth-order valence-corrected chi connectivity index (χ4v) is 3.21. The number of amides is 2. The van der Waals surface area contributed by atoms with E-state index in [9.17, 15) is 14.0 Å². The summed E-state index contributed by atoms with van der Waals surface area (Å²) < 4.78 is 13.3. The first kappa shape index (κ1) is 18.0. The van der Waals surface area contributed by atoms with Gasteiger partial charge in [-0.05, 0) is 43.0 Å². The number of halogens is 1. The van der Waals surface area contributed by atoms with Gasteiger partial charge in [0, 0.05) is 32.0 Å². The average molecular weight is 355 g/mol. The highest BCUT2D eigenvalue weighted by Gasteiger charge is 2.22. The van der Waals surface area contributed by atoms with Crippen molar-refractivity contribution in [3.8, 4) is 11.3 Å². The van der Waals surface area contributed by atoms with Gasteiger partial charge in [0.2, 0.25) is 11.8 Å². The monoisotopic (exact) mass is 355 g/mol. The molecule has 1 fully saturated rings. The number of likely N-dealkylation sites (tertiary alicyclic amines) is 1. The molecule has 2 aromatic rings. The SMILES string of the molecule is CC(=O)N1CCC(CC(=O)Nc2ccc(-c3cccc(F)c3)nc2)CC1. The van der Waals surface area contributed by atoms with Gasteiger partial charge in [-0.2, -0.15) is 0 Å². The Hall–Kier alpha value is -2.76. The summed E-state index contributed by atoms with van der Waals surface area (Å²) in [6.45, 7) is 3.02. The number of piperidine rings is 1. The molecule has 1 N–H and O–H groups in total. The van der Waals surface area contributed by atoms with Gasteiger partial charge in [0.05, 0.1) is 17.6 Å². The average Bonchev–Trinajstić information content (AvgIpc) is 2.62. The fraction of sp³-hybridized carbons (Fsp3) is 0.350. The van der Waals surface area contributed by atoms with E-state index in [-0.39, 0.29) is 17.6 Å². The van der Waals surface area contributed by atoms with Gasteiger partial charge in [0.15, 0.2) is 0 Å². The van der Waals surface area contributed by atoms with Gasteiger partial charge in [0.25, 0.3) is 0 Å². The van der Waals surface area contributed by atoms with Crippen LogP contribution in [0.25, 0.3) is 11.3 Å². The van der Waals surface area contributed by atoms with Crippen LogP contribution in [0.3, 0.4) is 0 Å². The summed E-state index contributed by atoms with van der Waals surface area (Å²) in [5, 5.41) is 2.86. The van der Waals surface area contributed by atoms with E-state index in [1.54, 1.807) is 37.4 Å². The molecule has 1 aliphatic heterocycles. The van der Waals surface area contributed by atoms with Crippen molar-refractivity contribution in [3.63, 3.8) is 0 Å². The van der Waals surface area contributed by atoms with Gasteiger partial charge in [-0.1, -0.05) is 12.1 Å². The smallest absolute Gasteiger partial charge is 0.224 e. The number of pyridine rings is 1. The maximum Gasteiger partial charge on any atom is 0.224 e. The van der Waals surface area contributed by atoms with E-state index < -0.39 is 0 Å². The summed E-state index contributed by atoms with van der Waals surface area (Å²) in [6.07, 6.45) is 3.72. The molecule has 0 radical (unpaired) electrons. The fourth-order valence-electron chi connectivity index (χ4n) is 3.21. The van der Waals surface area contributed by atoms with E-state index in [0.717, 1.165) is 25.9 Å². The van der Waals surface area contributed by atoms with Gasteiger partial charge in [-0.25, -0.2) is 4.39 Å². The molecular weight excluding hydrogens is 333 g/mol. The highest BCUT2D eigenvalue weighted by molar-refractivity contribution is 5.90. The second-order valence-corrected chi connectivity index (χ2v) is 6.64. The lowest BCUT2D eigenvalue weighted by Gasteiger charge is -2.30. The Bertz CT molecular complexity index is 784. The Kier molecular flexibility index (Phi) is 5.61. The number of nitrogens with one attached hydrogen (secondary N) is 1. The van der Waals surface area contributed by atoms with E-state index >= 15 is 0 Å². The highest BCUT2D eigenvalue weighted by atomic mass is 19.1. The molecule has 26 heavy (non-hydrogen) atoms. The first-order valence-corrected chi connectivity index (χ1v) is 8.78. The first-order chi connectivity index (χ1) is 12.5. The Labute approximate surface area is 152 Å². The molecule has 0 saturated carbocycles. The third-order valence-electron chi connectivity index (χ3n) is 4.70. The molecule has 0 atom stereocenters. The Morgan fingerprint density at radius 3 is 2.62 bits per heavy atom. The second-order valence-electron chi connectivity index (χ2n) is 6.64. The number of hydrogen-bond donors (Lipinski definition) is 1. The van der Waals surface area contributed by atoms with Gasteiger partial charge in [0.1, 0.15) is 5.82 Å². The molecule has 1 saturated heterocycles. The van der Waals surface area contributed by atoms with Crippen molar-refractivity contribution < 1.29 is 14.0 Å². The second kappa shape index (κ2) is 8.08. The summed E-state index contributed by atoms with van der Waals surface area (Å²) in [5.41, 5.74) is 1.97. The quantitative estimate of drug-likeness (QED) is 0.913. The summed E-state index contributed by atoms with van der Waals surface area (Å²) in [4.78, 5) is 29.7. The van der Waals surface area contributed by atoms with E-state index in [0.29, 0.717) is 29.3 Å². The zero-order valence-electron chi connectivity index (χ0n) is 14.7. The van der Waals surface area contributed by atoms with Crippen molar-refractivity contribution in [1.29, 1.82) is 0 Å². The van der Waals surface area contributed by atoms with Crippen LogP contribution in [0, 0.1) is 11.7 Å². The van der Waals surface area contributed by atoms with Crippen molar-refractivity contribution in [2.24, 2.45) is 5.92 Å². The molecule has 3 rings (SSSR count). The predicted octanol–water partition coefficient (Wildman–Crippen LogP) is 3.47. The van der Waals surface area contributed by atoms with Crippen LogP contribution < -0.4 is 5.32 Å². The molecule has 0 bridgehead atoms. The number of benzene rings is 1. The van der Waals surface area contributed by atoms with Crippen LogP contribution in [0.2, 0.25) is 0 Å². The minimum atomic E-state index is -0.308. The van der Waals surface area contributed by atoms with Crippen LogP contribution in [-0.4, -0.2) is 34.8 Å². The molecule has 2 amide bonds. The minimum absolute atomic E-state index is 0.0495. The number of nitrogens with zero attached hydrogens (tertiary/aromatic N) is 2. The van der Waals surface area contributed by atoms with Crippen LogP contribution in [0.5, 0.6) is 0 Å². The molecule has 0 spiro atoms. The van der Waals surface area contributed by atoms with Crippen LogP contribution in [0.4, 0.5) is 10.1 Å². The molecule has 2 heterocycles. The summed E-state index contributed by atoms with van der Waals surface area (Å²) >= 11 is 0. The van der Waals surface area contributed by atoms with Crippen LogP contribution in [0.1, 0.15) is 26.2 Å². The van der Waals surface area contributed by atoms with Crippen LogP contribution >= 0.6 is 0 Å². The molecule has 136 valence electrons. The number of carbonyl (C=O) groups is 2. The van der Waals surface area contributed by atoms with Crippen LogP contribution in [-0.2, 0) is 9.59 Å². The third-order valence-corrected chi connectivity index (χ3v) is 4.70. The minimum Gasteiger partial charge on any atom is -0.343 e. The van der Waals surface area contributed by atoms with E-state index in [1.807, 2.05) is 4.90 Å². The van der Waals surface area contributed by atoms with Crippen molar-refractivity contribution in [2.75, 3.05) is 18.4 Å². The lowest BCUT2D eigenvalue weighted by molar-refractivity contribution is -0.130. The molecular formula is C20H22FN3O2. The van der Waals surface area contributed by atoms with Crippen molar-refractivity contribution >= 4 is 17.5 Å². The molecule has 0 unspecified atom stereocenters. The van der Waals surface area contributed by atoms with Crippen molar-refractivity contribution in [2.45, 2.75) is 26.2 Å². The maximum atomic E-state index is 13.3. The lowest BCUT2D eigenvalue weighted by Crippen LogP contribution is -2.37. The zero-order valence-corrected chi connectivity index (χ0v) is 14.7. The normalized spacial score (nSPS) is 14.9. The summed E-state index contributed by atoms with van der Waals surface area (Å²) in [6, 6.07) is 9.77. The molecule has 0 aliphatic carbocycles. The highest BCUT2D eigenvalue weighted by Crippen LogP contribution is 2.22. The van der Waals surface area contributed by atoms with Crippen molar-refractivity contribution in [1.82, 2.24) is 9.88 Å². The zero-order chi connectivity index (χ0) is 18.5. The number of carbonyl (C=O) groups excluding carboxylic acids is 2. The molecule has 1 aromatic carbocycles. The van der Waals surface area contributed by atoms with Crippen LogP contribution in [0.15, 0.2) is 42.6 Å². The third kappa shape index (κ3) is 4.65. The molecule has 1 aromatic heterocycles. The molecule has 1 aliphatic rings. The summed E-state index contributed by atoms with van der Waals surface area (Å²) in [7, 11) is 0. The Morgan fingerprint density at radius 2 is 2.00 bits per heavy atom. The van der Waals surface area contributed by atoms with Gasteiger partial charge in [-0.3, -0.25) is 14.6 Å². The standard InChI is InChI=1S/C20H22FN3O2/c1-14(25)24-9-7-15(8-10-24)11-20(26)23-18-5-6-19(22-13-18)16-3-2-4-17(21)12-16/h2-6,12-13,15H,7-11H2,1H3,(H,23,26). The number of aromatic nitrogens is 1. The number of rotatable bonds is 4. The van der Waals surface area contributed by atoms with E-state index in [2.05, 4.69) is 10.3 Å². The van der Waals surface area contributed by atoms with Gasteiger partial charge < -0.3 is 10.2 Å². The molecule has 6 heteroatoms. The number of anilines is 1. The summed E-state index contributed by atoms with van der Waals surface area (Å²) in [5.74, 6) is 0.0339. The Morgan fingerprint density at radius 1 is 1.23 bits per heavy atom. The topological polar surface area (TPSA) is 62.3 Å². The molecule has 5 nitrogen and oxygen atoms in total. The van der Waals surface area contributed by atoms with E-state index in [1.165, 1.54) is 12.1 Å². The Balaban J connectivity index is 1.53. The lowest BCUT2D eigenvalue weighted by atomic mass is 9.93. The first-order valence-electron chi connectivity index (χ1n) is 8.78. The van der Waals surface area contributed by atoms with E-state index in [4.69, 9.17) is 0 Å². The maximum absolute atomic E-state index is 13.3. The predicted molar refractivity (Wildman–Crippen MR) is 97.9 cm³/mol. The van der Waals surface area contributed by atoms with Gasteiger partial charge >= 0.3 is 0 Å². The van der Waals surface area contributed by atoms with Gasteiger partial charge in [-0.15, -0.1) is 0 Å². The number of hydrogen-bond acceptors (Lipinski definition) is 3. The van der Waals surface area contributed by atoms with Crippen molar-refractivity contribution in [3.05, 3.63) is 48.4 Å². The largest absolute Gasteiger partial charge is 0.343 e.